The minimum Gasteiger partial charge on any atom is -0.497 e. The minimum atomic E-state index is -0.0970. The summed E-state index contributed by atoms with van der Waals surface area (Å²) >= 11 is 0. The van der Waals surface area contributed by atoms with Crippen LogP contribution in [0.25, 0.3) is 0 Å². The molecule has 24 heavy (non-hydrogen) atoms. The van der Waals surface area contributed by atoms with Crippen LogP contribution < -0.4 is 14.8 Å². The number of ether oxygens (including phenoxy) is 2. The fraction of sp³-hybridized carbons (Fsp3) is 0.350. The average molecular weight is 327 g/mol. The lowest BCUT2D eigenvalue weighted by atomic mass is 10.1. The first-order valence-corrected chi connectivity index (χ1v) is 8.32. The fourth-order valence-electron chi connectivity index (χ4n) is 2.37. The monoisotopic (exact) mass is 327 g/mol. The Balaban J connectivity index is 1.63. The Morgan fingerprint density at radius 1 is 1.04 bits per heavy atom. The van der Waals surface area contributed by atoms with Crippen LogP contribution in [0.3, 0.4) is 0 Å². The molecule has 2 aromatic rings. The second-order valence-corrected chi connectivity index (χ2v) is 5.59. The van der Waals surface area contributed by atoms with Gasteiger partial charge in [0, 0.05) is 6.54 Å². The zero-order valence-electron chi connectivity index (χ0n) is 14.4. The van der Waals surface area contributed by atoms with Crippen molar-refractivity contribution < 1.29 is 14.3 Å². The molecule has 4 heteroatoms. The first-order chi connectivity index (χ1) is 11.7. The summed E-state index contributed by atoms with van der Waals surface area (Å²) in [4.78, 5) is 11.8. The second kappa shape index (κ2) is 9.60. The molecular weight excluding hydrogens is 302 g/mol. The van der Waals surface area contributed by atoms with Crippen molar-refractivity contribution in [1.82, 2.24) is 5.32 Å². The topological polar surface area (TPSA) is 47.6 Å². The summed E-state index contributed by atoms with van der Waals surface area (Å²) in [6, 6.07) is 15.8. The van der Waals surface area contributed by atoms with E-state index >= 15 is 0 Å². The van der Waals surface area contributed by atoms with Gasteiger partial charge in [0.05, 0.1) is 7.11 Å². The highest BCUT2D eigenvalue weighted by Gasteiger charge is 2.03. The maximum Gasteiger partial charge on any atom is 0.257 e. The van der Waals surface area contributed by atoms with E-state index in [4.69, 9.17) is 9.47 Å². The molecule has 1 N–H and O–H groups in total. The number of rotatable bonds is 9. The molecule has 0 heterocycles. The molecule has 0 aromatic heterocycles. The summed E-state index contributed by atoms with van der Waals surface area (Å²) in [6.07, 6.45) is 2.77. The minimum absolute atomic E-state index is 0.0463. The van der Waals surface area contributed by atoms with Crippen molar-refractivity contribution >= 4 is 5.91 Å². The van der Waals surface area contributed by atoms with Gasteiger partial charge in [0.1, 0.15) is 11.5 Å². The van der Waals surface area contributed by atoms with Crippen LogP contribution in [0.1, 0.15) is 24.5 Å². The SMILES string of the molecule is CCc1ccc(OCC(=O)NCCCc2cccc(OC)c2)cc1. The van der Waals surface area contributed by atoms with E-state index in [9.17, 15) is 4.79 Å². The molecule has 0 aliphatic heterocycles. The van der Waals surface area contributed by atoms with E-state index < -0.39 is 0 Å². The smallest absolute Gasteiger partial charge is 0.257 e. The van der Waals surface area contributed by atoms with Gasteiger partial charge in [-0.1, -0.05) is 31.2 Å². The number of methoxy groups -OCH3 is 1. The van der Waals surface area contributed by atoms with Gasteiger partial charge < -0.3 is 14.8 Å². The van der Waals surface area contributed by atoms with E-state index in [-0.39, 0.29) is 12.5 Å². The highest BCUT2D eigenvalue weighted by atomic mass is 16.5. The normalized spacial score (nSPS) is 10.2. The van der Waals surface area contributed by atoms with Crippen LogP contribution in [-0.4, -0.2) is 26.2 Å². The standard InChI is InChI=1S/C20H25NO3/c1-3-16-9-11-18(12-10-16)24-15-20(22)21-13-5-7-17-6-4-8-19(14-17)23-2/h4,6,8-12,14H,3,5,7,13,15H2,1-2H3,(H,21,22). The largest absolute Gasteiger partial charge is 0.497 e. The Morgan fingerprint density at radius 3 is 2.54 bits per heavy atom. The summed E-state index contributed by atoms with van der Waals surface area (Å²) in [6.45, 7) is 2.79. The van der Waals surface area contributed by atoms with E-state index in [1.807, 2.05) is 42.5 Å². The molecule has 0 atom stereocenters. The Hall–Kier alpha value is -2.49. The zero-order valence-corrected chi connectivity index (χ0v) is 14.4. The van der Waals surface area contributed by atoms with Crippen LogP contribution in [0.2, 0.25) is 0 Å². The summed E-state index contributed by atoms with van der Waals surface area (Å²) in [5.41, 5.74) is 2.46. The van der Waals surface area contributed by atoms with Crippen molar-refractivity contribution in [2.24, 2.45) is 0 Å². The first-order valence-electron chi connectivity index (χ1n) is 8.32. The van der Waals surface area contributed by atoms with Crippen molar-refractivity contribution in [3.05, 3.63) is 59.7 Å². The quantitative estimate of drug-likeness (QED) is 0.718. The van der Waals surface area contributed by atoms with Gasteiger partial charge in [0.15, 0.2) is 6.61 Å². The number of hydrogen-bond donors (Lipinski definition) is 1. The van der Waals surface area contributed by atoms with Gasteiger partial charge in [-0.2, -0.15) is 0 Å². The van der Waals surface area contributed by atoms with E-state index in [0.717, 1.165) is 30.8 Å². The zero-order chi connectivity index (χ0) is 17.2. The fourth-order valence-corrected chi connectivity index (χ4v) is 2.37. The van der Waals surface area contributed by atoms with Gasteiger partial charge in [-0.25, -0.2) is 0 Å². The van der Waals surface area contributed by atoms with Crippen LogP contribution >= 0.6 is 0 Å². The number of aryl methyl sites for hydroxylation is 2. The molecule has 2 aromatic carbocycles. The molecule has 0 fully saturated rings. The van der Waals surface area contributed by atoms with E-state index in [1.165, 1.54) is 11.1 Å². The summed E-state index contributed by atoms with van der Waals surface area (Å²) in [7, 11) is 1.66. The van der Waals surface area contributed by atoms with Crippen LogP contribution in [0.4, 0.5) is 0 Å². The summed E-state index contributed by atoms with van der Waals surface area (Å²) in [5, 5.41) is 2.88. The van der Waals surface area contributed by atoms with Crippen molar-refractivity contribution in [2.75, 3.05) is 20.3 Å². The van der Waals surface area contributed by atoms with Gasteiger partial charge in [0.25, 0.3) is 5.91 Å². The molecular formula is C20H25NO3. The van der Waals surface area contributed by atoms with Crippen molar-refractivity contribution in [3.8, 4) is 11.5 Å². The number of carbonyl (C=O) groups excluding carboxylic acids is 1. The summed E-state index contributed by atoms with van der Waals surface area (Å²) in [5.74, 6) is 1.48. The predicted molar refractivity (Wildman–Crippen MR) is 95.6 cm³/mol. The molecule has 0 saturated heterocycles. The molecule has 4 nitrogen and oxygen atoms in total. The average Bonchev–Trinajstić information content (AvgIpc) is 2.64. The third kappa shape index (κ3) is 5.95. The molecule has 0 aliphatic carbocycles. The van der Waals surface area contributed by atoms with Gasteiger partial charge in [-0.05, 0) is 54.7 Å². The van der Waals surface area contributed by atoms with Crippen LogP contribution in [-0.2, 0) is 17.6 Å². The third-order valence-electron chi connectivity index (χ3n) is 3.80. The van der Waals surface area contributed by atoms with Crippen molar-refractivity contribution in [1.29, 1.82) is 0 Å². The first kappa shape index (κ1) is 17.9. The molecule has 0 radical (unpaired) electrons. The van der Waals surface area contributed by atoms with Gasteiger partial charge >= 0.3 is 0 Å². The molecule has 2 rings (SSSR count). The van der Waals surface area contributed by atoms with Crippen molar-refractivity contribution in [3.63, 3.8) is 0 Å². The number of benzene rings is 2. The van der Waals surface area contributed by atoms with Gasteiger partial charge in [-0.15, -0.1) is 0 Å². The lowest BCUT2D eigenvalue weighted by Gasteiger charge is -2.08. The molecule has 0 spiro atoms. The van der Waals surface area contributed by atoms with Crippen LogP contribution in [0.15, 0.2) is 48.5 Å². The highest BCUT2D eigenvalue weighted by molar-refractivity contribution is 5.77. The molecule has 0 saturated carbocycles. The summed E-state index contributed by atoms with van der Waals surface area (Å²) < 4.78 is 10.7. The molecule has 0 unspecified atom stereocenters. The number of hydrogen-bond acceptors (Lipinski definition) is 3. The van der Waals surface area contributed by atoms with E-state index in [2.05, 4.69) is 18.3 Å². The van der Waals surface area contributed by atoms with E-state index in [1.54, 1.807) is 7.11 Å². The second-order valence-electron chi connectivity index (χ2n) is 5.59. The predicted octanol–water partition coefficient (Wildman–Crippen LogP) is 3.39. The van der Waals surface area contributed by atoms with Gasteiger partial charge in [-0.3, -0.25) is 4.79 Å². The highest BCUT2D eigenvalue weighted by Crippen LogP contribution is 2.14. The number of carbonyl (C=O) groups is 1. The Morgan fingerprint density at radius 2 is 1.83 bits per heavy atom. The number of nitrogens with one attached hydrogen (secondary N) is 1. The lowest BCUT2D eigenvalue weighted by molar-refractivity contribution is -0.123. The maximum atomic E-state index is 11.8. The number of amides is 1. The Kier molecular flexibility index (Phi) is 7.15. The maximum absolute atomic E-state index is 11.8. The van der Waals surface area contributed by atoms with Crippen LogP contribution in [0.5, 0.6) is 11.5 Å². The third-order valence-corrected chi connectivity index (χ3v) is 3.80. The lowest BCUT2D eigenvalue weighted by Crippen LogP contribution is -2.29. The van der Waals surface area contributed by atoms with Crippen LogP contribution in [0, 0.1) is 0 Å². The van der Waals surface area contributed by atoms with Crippen molar-refractivity contribution in [2.45, 2.75) is 26.2 Å². The molecule has 128 valence electrons. The Labute approximate surface area is 143 Å². The van der Waals surface area contributed by atoms with E-state index in [0.29, 0.717) is 6.54 Å². The molecule has 0 bridgehead atoms. The molecule has 0 aliphatic rings. The molecule has 1 amide bonds. The van der Waals surface area contributed by atoms with Gasteiger partial charge in [0.2, 0.25) is 0 Å². The Bertz CT molecular complexity index is 638.